The summed E-state index contributed by atoms with van der Waals surface area (Å²) in [5.74, 6) is -2.76. The minimum absolute atomic E-state index is 0.337. The lowest BCUT2D eigenvalue weighted by Crippen LogP contribution is -2.35. The molecular formula is C7H10O5. The highest BCUT2D eigenvalue weighted by Crippen LogP contribution is 2.43. The number of aliphatic carboxylic acids is 2. The fourth-order valence-corrected chi connectivity index (χ4v) is 1.24. The van der Waals surface area contributed by atoms with Crippen LogP contribution in [-0.4, -0.2) is 33.9 Å². The van der Waals surface area contributed by atoms with Crippen LogP contribution in [0.1, 0.15) is 13.8 Å². The van der Waals surface area contributed by atoms with Gasteiger partial charge in [-0.3, -0.25) is 0 Å². The van der Waals surface area contributed by atoms with Crippen molar-refractivity contribution in [1.29, 1.82) is 0 Å². The van der Waals surface area contributed by atoms with Gasteiger partial charge in [-0.2, -0.15) is 0 Å². The van der Waals surface area contributed by atoms with Crippen LogP contribution >= 0.6 is 0 Å². The Labute approximate surface area is 68.9 Å². The lowest BCUT2D eigenvalue weighted by molar-refractivity contribution is -0.146. The van der Waals surface area contributed by atoms with Gasteiger partial charge in [-0.15, -0.1) is 0 Å². The third kappa shape index (κ3) is 0.972. The average Bonchev–Trinajstić information content (AvgIpc) is 2.60. The average molecular weight is 174 g/mol. The van der Waals surface area contributed by atoms with Crippen molar-refractivity contribution in [2.75, 3.05) is 0 Å². The van der Waals surface area contributed by atoms with Gasteiger partial charge in [-0.05, 0) is 5.92 Å². The van der Waals surface area contributed by atoms with Crippen molar-refractivity contribution in [3.8, 4) is 0 Å². The molecule has 1 rings (SSSR count). The van der Waals surface area contributed by atoms with E-state index in [9.17, 15) is 9.59 Å². The second-order valence-electron chi connectivity index (χ2n) is 3.09. The maximum Gasteiger partial charge on any atom is 0.339 e. The van der Waals surface area contributed by atoms with Crippen molar-refractivity contribution < 1.29 is 24.5 Å². The van der Waals surface area contributed by atoms with E-state index in [-0.39, 0.29) is 5.92 Å². The summed E-state index contributed by atoms with van der Waals surface area (Å²) in [5.41, 5.74) is -1.49. The molecule has 2 atom stereocenters. The van der Waals surface area contributed by atoms with E-state index in [1.807, 2.05) is 0 Å². The molecule has 1 heterocycles. The quantitative estimate of drug-likeness (QED) is 0.585. The molecule has 68 valence electrons. The van der Waals surface area contributed by atoms with Crippen LogP contribution in [0, 0.1) is 5.92 Å². The van der Waals surface area contributed by atoms with Crippen molar-refractivity contribution in [1.82, 2.24) is 0 Å². The molecule has 0 bridgehead atoms. The Balaban J connectivity index is 2.83. The smallest absolute Gasteiger partial charge is 0.339 e. The van der Waals surface area contributed by atoms with E-state index in [1.54, 1.807) is 13.8 Å². The van der Waals surface area contributed by atoms with Gasteiger partial charge in [0.15, 0.2) is 6.10 Å². The van der Waals surface area contributed by atoms with Crippen molar-refractivity contribution in [2.24, 2.45) is 5.92 Å². The highest BCUT2D eigenvalue weighted by molar-refractivity contribution is 5.92. The van der Waals surface area contributed by atoms with Crippen molar-refractivity contribution in [2.45, 2.75) is 25.6 Å². The molecule has 0 radical (unpaired) electrons. The molecule has 0 saturated carbocycles. The highest BCUT2D eigenvalue weighted by atomic mass is 16.7. The van der Waals surface area contributed by atoms with E-state index >= 15 is 0 Å². The molecule has 1 aliphatic heterocycles. The molecule has 1 fully saturated rings. The zero-order valence-electron chi connectivity index (χ0n) is 6.77. The summed E-state index contributed by atoms with van der Waals surface area (Å²) in [6.45, 7) is 3.24. The molecule has 0 aromatic heterocycles. The Bertz CT molecular complexity index is 234. The summed E-state index contributed by atoms with van der Waals surface area (Å²) in [7, 11) is 0. The van der Waals surface area contributed by atoms with Gasteiger partial charge in [-0.25, -0.2) is 9.59 Å². The van der Waals surface area contributed by atoms with Gasteiger partial charge in [0, 0.05) is 0 Å². The van der Waals surface area contributed by atoms with Gasteiger partial charge >= 0.3 is 11.9 Å². The minimum atomic E-state index is -1.49. The first-order valence-electron chi connectivity index (χ1n) is 3.57. The van der Waals surface area contributed by atoms with Crippen LogP contribution in [0.15, 0.2) is 0 Å². The predicted octanol–water partition coefficient (Wildman–Crippen LogP) is -0.0508. The third-order valence-electron chi connectivity index (χ3n) is 2.06. The number of ether oxygens (including phenoxy) is 1. The summed E-state index contributed by atoms with van der Waals surface area (Å²) in [4.78, 5) is 21.0. The minimum Gasteiger partial charge on any atom is -0.479 e. The normalized spacial score (nSPS) is 33.4. The number of epoxide rings is 1. The molecule has 0 aromatic carbocycles. The number of hydrogen-bond donors (Lipinski definition) is 2. The van der Waals surface area contributed by atoms with Crippen molar-refractivity contribution in [3.05, 3.63) is 0 Å². The van der Waals surface area contributed by atoms with Gasteiger partial charge in [0.1, 0.15) is 0 Å². The monoisotopic (exact) mass is 174 g/mol. The molecule has 12 heavy (non-hydrogen) atoms. The lowest BCUT2D eigenvalue weighted by atomic mass is 9.92. The van der Waals surface area contributed by atoms with Crippen LogP contribution in [-0.2, 0) is 14.3 Å². The van der Waals surface area contributed by atoms with Gasteiger partial charge in [-0.1, -0.05) is 13.8 Å². The molecule has 0 aliphatic carbocycles. The van der Waals surface area contributed by atoms with Gasteiger partial charge in [0.2, 0.25) is 5.60 Å². The Hall–Kier alpha value is -1.10. The maximum atomic E-state index is 10.7. The molecule has 5 heteroatoms. The van der Waals surface area contributed by atoms with Crippen LogP contribution in [0.25, 0.3) is 0 Å². The Morgan fingerprint density at radius 2 is 1.92 bits per heavy atom. The first-order valence-corrected chi connectivity index (χ1v) is 3.57. The molecule has 0 amide bonds. The fourth-order valence-electron chi connectivity index (χ4n) is 1.24. The van der Waals surface area contributed by atoms with Crippen LogP contribution in [0.3, 0.4) is 0 Å². The first kappa shape index (κ1) is 8.99. The molecule has 0 spiro atoms. The highest BCUT2D eigenvalue weighted by Gasteiger charge is 2.69. The predicted molar refractivity (Wildman–Crippen MR) is 37.7 cm³/mol. The Morgan fingerprint density at radius 1 is 1.42 bits per heavy atom. The second kappa shape index (κ2) is 2.45. The van der Waals surface area contributed by atoms with Crippen LogP contribution in [0.5, 0.6) is 0 Å². The maximum absolute atomic E-state index is 10.7. The molecule has 0 aromatic rings. The summed E-state index contributed by atoms with van der Waals surface area (Å²) in [6, 6.07) is 0. The first-order chi connectivity index (χ1) is 5.43. The molecule has 1 saturated heterocycles. The molecule has 0 unspecified atom stereocenters. The molecular weight excluding hydrogens is 164 g/mol. The van der Waals surface area contributed by atoms with E-state index < -0.39 is 23.6 Å². The molecule has 1 aliphatic rings. The van der Waals surface area contributed by atoms with E-state index in [1.165, 1.54) is 0 Å². The SMILES string of the molecule is CC(C)[C@]1(C(=O)O)O[C@@H]1C(=O)O. The molecule has 5 nitrogen and oxygen atoms in total. The largest absolute Gasteiger partial charge is 0.479 e. The number of carbonyl (C=O) groups is 2. The van der Waals surface area contributed by atoms with Crippen molar-refractivity contribution >= 4 is 11.9 Å². The van der Waals surface area contributed by atoms with Crippen molar-refractivity contribution in [3.63, 3.8) is 0 Å². The summed E-state index contributed by atoms with van der Waals surface area (Å²) in [5, 5.41) is 17.2. The number of rotatable bonds is 3. The number of carboxylic acid groups (broad SMARTS) is 2. The lowest BCUT2D eigenvalue weighted by Gasteiger charge is -2.09. The van der Waals surface area contributed by atoms with Gasteiger partial charge in [0.05, 0.1) is 0 Å². The van der Waals surface area contributed by atoms with Gasteiger partial charge < -0.3 is 14.9 Å². The summed E-state index contributed by atoms with van der Waals surface area (Å²) >= 11 is 0. The van der Waals surface area contributed by atoms with E-state index in [4.69, 9.17) is 10.2 Å². The summed E-state index contributed by atoms with van der Waals surface area (Å²) in [6.07, 6.45) is -1.19. The second-order valence-corrected chi connectivity index (χ2v) is 3.09. The summed E-state index contributed by atoms with van der Waals surface area (Å²) < 4.78 is 4.69. The van der Waals surface area contributed by atoms with Crippen LogP contribution in [0.2, 0.25) is 0 Å². The van der Waals surface area contributed by atoms with E-state index in [0.29, 0.717) is 0 Å². The standard InChI is InChI=1S/C7H10O5/c1-3(2)7(6(10)11)4(12-7)5(8)9/h3-4H,1-2H3,(H,8,9)(H,10,11)/t4-,7+/m1/s1. The zero-order chi connectivity index (χ0) is 9.52. The van der Waals surface area contributed by atoms with Crippen LogP contribution < -0.4 is 0 Å². The Morgan fingerprint density at radius 3 is 2.00 bits per heavy atom. The Kier molecular flexibility index (Phi) is 1.83. The van der Waals surface area contributed by atoms with Crippen LogP contribution in [0.4, 0.5) is 0 Å². The third-order valence-corrected chi connectivity index (χ3v) is 2.06. The van der Waals surface area contributed by atoms with E-state index in [0.717, 1.165) is 0 Å². The van der Waals surface area contributed by atoms with Gasteiger partial charge in [0.25, 0.3) is 0 Å². The molecule has 2 N–H and O–H groups in total. The van der Waals surface area contributed by atoms with E-state index in [2.05, 4.69) is 4.74 Å². The zero-order valence-corrected chi connectivity index (χ0v) is 6.77. The number of hydrogen-bond acceptors (Lipinski definition) is 3. The topological polar surface area (TPSA) is 87.1 Å². The number of carboxylic acids is 2. The fraction of sp³-hybridized carbons (Fsp3) is 0.714.